The number of hydrogen-bond donors (Lipinski definition) is 0. The van der Waals surface area contributed by atoms with Gasteiger partial charge in [0.25, 0.3) is 0 Å². The normalized spacial score (nSPS) is 26.9. The van der Waals surface area contributed by atoms with Crippen LogP contribution < -0.4 is 4.74 Å². The van der Waals surface area contributed by atoms with E-state index in [1.807, 2.05) is 0 Å². The summed E-state index contributed by atoms with van der Waals surface area (Å²) in [5.74, 6) is -2.86. The van der Waals surface area contributed by atoms with Gasteiger partial charge in [0.05, 0.1) is 7.11 Å². The summed E-state index contributed by atoms with van der Waals surface area (Å²) in [7, 11) is 1.17. The summed E-state index contributed by atoms with van der Waals surface area (Å²) in [5, 5.41) is 0. The molecule has 2 rings (SSSR count). The van der Waals surface area contributed by atoms with Gasteiger partial charge in [-0.2, -0.15) is 17.6 Å². The zero-order valence-electron chi connectivity index (χ0n) is 10.9. The second-order valence-electron chi connectivity index (χ2n) is 4.92. The third kappa shape index (κ3) is 2.47. The van der Waals surface area contributed by atoms with Crippen LogP contribution in [0, 0.1) is 11.6 Å². The largest absolute Gasteiger partial charge is 0.493 e. The summed E-state index contributed by atoms with van der Waals surface area (Å²) in [5.41, 5.74) is 0.284. The highest BCUT2D eigenvalue weighted by molar-refractivity contribution is 8.01. The van der Waals surface area contributed by atoms with Crippen molar-refractivity contribution in [3.8, 4) is 5.75 Å². The predicted octanol–water partition coefficient (Wildman–Crippen LogP) is 4.51. The smallest absolute Gasteiger partial charge is 0.402 e. The summed E-state index contributed by atoms with van der Waals surface area (Å²) < 4.78 is 68.6. The van der Waals surface area contributed by atoms with Gasteiger partial charge in [0.15, 0.2) is 11.6 Å². The van der Waals surface area contributed by atoms with Crippen LogP contribution in [-0.4, -0.2) is 23.8 Å². The Morgan fingerprint density at radius 1 is 1.30 bits per heavy atom. The van der Waals surface area contributed by atoms with E-state index in [0.29, 0.717) is 0 Å². The Hall–Kier alpha value is -0.980. The van der Waals surface area contributed by atoms with Crippen LogP contribution in [0.15, 0.2) is 12.1 Å². The van der Waals surface area contributed by atoms with E-state index >= 15 is 0 Å². The van der Waals surface area contributed by atoms with Crippen LogP contribution in [0.4, 0.5) is 22.0 Å². The fourth-order valence-electron chi connectivity index (χ4n) is 2.35. The number of methoxy groups -OCH3 is 1. The molecule has 0 bridgehead atoms. The lowest BCUT2D eigenvalue weighted by Crippen LogP contribution is -2.36. The van der Waals surface area contributed by atoms with E-state index in [-0.39, 0.29) is 23.5 Å². The van der Waals surface area contributed by atoms with Crippen molar-refractivity contribution >= 4 is 11.8 Å². The molecule has 2 unspecified atom stereocenters. The van der Waals surface area contributed by atoms with E-state index in [2.05, 4.69) is 0 Å². The fourth-order valence-corrected chi connectivity index (χ4v) is 3.69. The average Bonchev–Trinajstić information content (AvgIpc) is 2.76. The van der Waals surface area contributed by atoms with E-state index in [0.717, 1.165) is 24.8 Å². The van der Waals surface area contributed by atoms with E-state index in [1.165, 1.54) is 13.2 Å². The molecule has 0 radical (unpaired) electrons. The lowest BCUT2D eigenvalue weighted by molar-refractivity contribution is -0.155. The Morgan fingerprint density at radius 2 is 1.95 bits per heavy atom. The molecule has 1 heterocycles. The Bertz CT molecular complexity index is 516. The van der Waals surface area contributed by atoms with Gasteiger partial charge in [0.2, 0.25) is 5.82 Å². The van der Waals surface area contributed by atoms with Gasteiger partial charge in [-0.05, 0) is 25.3 Å². The fraction of sp³-hybridized carbons (Fsp3) is 0.538. The molecule has 0 aliphatic carbocycles. The van der Waals surface area contributed by atoms with E-state index in [9.17, 15) is 22.0 Å². The standard InChI is InChI=1S/C13H13F5OS/c1-12(13(16,17)18)5-7(6-20-12)8-3-4-9(14)10(15)11(8)19-2/h3-4,7H,5-6H2,1-2H3. The van der Waals surface area contributed by atoms with E-state index in [4.69, 9.17) is 4.74 Å². The SMILES string of the molecule is COc1c(C2CSC(C)(C(F)(F)F)C2)ccc(F)c1F. The molecule has 0 amide bonds. The maximum Gasteiger partial charge on any atom is 0.402 e. The Morgan fingerprint density at radius 3 is 2.45 bits per heavy atom. The maximum atomic E-state index is 13.6. The molecule has 1 aliphatic rings. The first kappa shape index (κ1) is 15.4. The van der Waals surface area contributed by atoms with Gasteiger partial charge in [0, 0.05) is 11.3 Å². The highest BCUT2D eigenvalue weighted by Crippen LogP contribution is 2.55. The first-order valence-electron chi connectivity index (χ1n) is 5.92. The van der Waals surface area contributed by atoms with Crippen molar-refractivity contribution in [1.29, 1.82) is 0 Å². The summed E-state index contributed by atoms with van der Waals surface area (Å²) >= 11 is 0.787. The number of halogens is 5. The predicted molar refractivity (Wildman–Crippen MR) is 67.2 cm³/mol. The molecule has 1 fully saturated rings. The average molecular weight is 312 g/mol. The minimum absolute atomic E-state index is 0.178. The molecule has 0 aromatic heterocycles. The molecule has 1 aromatic rings. The molecule has 20 heavy (non-hydrogen) atoms. The van der Waals surface area contributed by atoms with Crippen LogP contribution >= 0.6 is 11.8 Å². The van der Waals surface area contributed by atoms with Crippen molar-refractivity contribution in [1.82, 2.24) is 0 Å². The summed E-state index contributed by atoms with van der Waals surface area (Å²) in [6.07, 6.45) is -4.51. The van der Waals surface area contributed by atoms with Crippen LogP contribution in [0.2, 0.25) is 0 Å². The minimum atomic E-state index is -4.34. The van der Waals surface area contributed by atoms with Crippen molar-refractivity contribution in [2.75, 3.05) is 12.9 Å². The van der Waals surface area contributed by atoms with E-state index in [1.54, 1.807) is 0 Å². The van der Waals surface area contributed by atoms with Gasteiger partial charge in [0.1, 0.15) is 4.75 Å². The van der Waals surface area contributed by atoms with Crippen molar-refractivity contribution in [2.45, 2.75) is 30.2 Å². The number of hydrogen-bond acceptors (Lipinski definition) is 2. The molecular formula is C13H13F5OS. The molecule has 0 N–H and O–H groups in total. The number of ether oxygens (including phenoxy) is 1. The van der Waals surface area contributed by atoms with Crippen molar-refractivity contribution < 1.29 is 26.7 Å². The highest BCUT2D eigenvalue weighted by Gasteiger charge is 2.56. The van der Waals surface area contributed by atoms with Crippen molar-refractivity contribution in [2.24, 2.45) is 0 Å². The van der Waals surface area contributed by atoms with Crippen molar-refractivity contribution in [3.63, 3.8) is 0 Å². The summed E-state index contributed by atoms with van der Waals surface area (Å²) in [4.78, 5) is 0. The summed E-state index contributed by atoms with van der Waals surface area (Å²) in [6.45, 7) is 1.13. The first-order chi connectivity index (χ1) is 9.19. The molecule has 7 heteroatoms. The Kier molecular flexibility index (Phi) is 3.92. The van der Waals surface area contributed by atoms with Gasteiger partial charge >= 0.3 is 6.18 Å². The monoisotopic (exact) mass is 312 g/mol. The second kappa shape index (κ2) is 5.09. The van der Waals surface area contributed by atoms with Crippen LogP contribution in [0.3, 0.4) is 0 Å². The van der Waals surface area contributed by atoms with Gasteiger partial charge < -0.3 is 4.74 Å². The number of benzene rings is 1. The summed E-state index contributed by atoms with van der Waals surface area (Å²) in [6, 6.07) is 2.21. The quantitative estimate of drug-likeness (QED) is 0.743. The lowest BCUT2D eigenvalue weighted by atomic mass is 9.90. The highest BCUT2D eigenvalue weighted by atomic mass is 32.2. The molecule has 1 aliphatic heterocycles. The lowest BCUT2D eigenvalue weighted by Gasteiger charge is -2.26. The molecule has 0 saturated carbocycles. The number of alkyl halides is 3. The van der Waals surface area contributed by atoms with Gasteiger partial charge in [-0.25, -0.2) is 4.39 Å². The topological polar surface area (TPSA) is 9.23 Å². The molecular weight excluding hydrogens is 299 g/mol. The first-order valence-corrected chi connectivity index (χ1v) is 6.91. The molecule has 112 valence electrons. The van der Waals surface area contributed by atoms with Gasteiger partial charge in [-0.1, -0.05) is 6.07 Å². The van der Waals surface area contributed by atoms with Crippen LogP contribution in [0.5, 0.6) is 5.75 Å². The van der Waals surface area contributed by atoms with Crippen molar-refractivity contribution in [3.05, 3.63) is 29.3 Å². The maximum absolute atomic E-state index is 13.6. The molecule has 1 saturated heterocycles. The minimum Gasteiger partial charge on any atom is -0.493 e. The third-order valence-electron chi connectivity index (χ3n) is 3.56. The Balaban J connectivity index is 2.34. The van der Waals surface area contributed by atoms with Crippen LogP contribution in [0.25, 0.3) is 0 Å². The molecule has 2 atom stereocenters. The Labute approximate surface area is 117 Å². The van der Waals surface area contributed by atoms with E-state index < -0.39 is 28.5 Å². The zero-order chi connectivity index (χ0) is 15.1. The number of thioether (sulfide) groups is 1. The molecule has 1 nitrogen and oxygen atoms in total. The van der Waals surface area contributed by atoms with Crippen LogP contribution in [0.1, 0.15) is 24.8 Å². The number of rotatable bonds is 2. The molecule has 1 aromatic carbocycles. The van der Waals surface area contributed by atoms with Crippen LogP contribution in [-0.2, 0) is 0 Å². The van der Waals surface area contributed by atoms with Gasteiger partial charge in [-0.3, -0.25) is 0 Å². The zero-order valence-corrected chi connectivity index (χ0v) is 11.7. The second-order valence-corrected chi connectivity index (χ2v) is 6.45. The van der Waals surface area contributed by atoms with Gasteiger partial charge in [-0.15, -0.1) is 11.8 Å². The third-order valence-corrected chi connectivity index (χ3v) is 5.17. The molecule has 0 spiro atoms.